The lowest BCUT2D eigenvalue weighted by atomic mass is 10.2. The highest BCUT2D eigenvalue weighted by atomic mass is 32.2. The van der Waals surface area contributed by atoms with E-state index in [-0.39, 0.29) is 11.7 Å². The summed E-state index contributed by atoms with van der Waals surface area (Å²) in [7, 11) is 4.77. The first-order valence-electron chi connectivity index (χ1n) is 9.84. The number of thioether (sulfide) groups is 1. The predicted molar refractivity (Wildman–Crippen MR) is 124 cm³/mol. The van der Waals surface area contributed by atoms with Crippen LogP contribution in [0.4, 0.5) is 0 Å². The van der Waals surface area contributed by atoms with Crippen molar-refractivity contribution in [2.45, 2.75) is 18.6 Å². The summed E-state index contributed by atoms with van der Waals surface area (Å²) in [5.41, 5.74) is 4.13. The third-order valence-electron chi connectivity index (χ3n) is 4.54. The monoisotopic (exact) mass is 455 g/mol. The summed E-state index contributed by atoms with van der Waals surface area (Å²) in [6, 6.07) is 12.9. The first kappa shape index (κ1) is 23.1. The summed E-state index contributed by atoms with van der Waals surface area (Å²) in [5.74, 6) is 2.69. The molecule has 0 aliphatic carbocycles. The van der Waals surface area contributed by atoms with Crippen molar-refractivity contribution in [1.82, 2.24) is 20.2 Å². The van der Waals surface area contributed by atoms with Crippen LogP contribution in [0.15, 0.2) is 52.7 Å². The van der Waals surface area contributed by atoms with Gasteiger partial charge < -0.3 is 18.8 Å². The number of methoxy groups -OCH3 is 3. The number of nitrogens with one attached hydrogen (secondary N) is 1. The van der Waals surface area contributed by atoms with E-state index in [0.717, 1.165) is 17.1 Å². The average Bonchev–Trinajstić information content (AvgIpc) is 3.25. The quantitative estimate of drug-likeness (QED) is 0.285. The standard InChI is InChI=1S/C22H25N5O4S/c1-5-27-21(15-6-8-17(29-2)9-7-15)25-26-22(27)32-14-20(28)24-23-13-16-12-18(30-3)10-11-19(16)31-4/h6-13H,5,14H2,1-4H3,(H,24,28). The Labute approximate surface area is 190 Å². The number of carbonyl (C=O) groups excluding carboxylic acids is 1. The lowest BCUT2D eigenvalue weighted by molar-refractivity contribution is -0.118. The molecule has 32 heavy (non-hydrogen) atoms. The van der Waals surface area contributed by atoms with Crippen molar-refractivity contribution in [3.63, 3.8) is 0 Å². The number of aromatic nitrogens is 3. The molecule has 0 saturated heterocycles. The number of hydrazone groups is 1. The molecule has 0 unspecified atom stereocenters. The van der Waals surface area contributed by atoms with Crippen LogP contribution in [0.3, 0.4) is 0 Å². The molecule has 9 nitrogen and oxygen atoms in total. The Morgan fingerprint density at radius 2 is 1.78 bits per heavy atom. The molecule has 168 valence electrons. The second-order valence-corrected chi connectivity index (χ2v) is 7.41. The Balaban J connectivity index is 1.61. The minimum atomic E-state index is -0.259. The number of nitrogens with zero attached hydrogens (tertiary/aromatic N) is 4. The van der Waals surface area contributed by atoms with E-state index in [1.807, 2.05) is 35.8 Å². The van der Waals surface area contributed by atoms with Crippen LogP contribution in [0.5, 0.6) is 17.2 Å². The van der Waals surface area contributed by atoms with E-state index in [4.69, 9.17) is 14.2 Å². The van der Waals surface area contributed by atoms with Crippen molar-refractivity contribution in [1.29, 1.82) is 0 Å². The van der Waals surface area contributed by atoms with Crippen LogP contribution in [0.25, 0.3) is 11.4 Å². The molecule has 1 N–H and O–H groups in total. The van der Waals surface area contributed by atoms with Gasteiger partial charge in [-0.25, -0.2) is 5.43 Å². The molecule has 0 aliphatic heterocycles. The van der Waals surface area contributed by atoms with Gasteiger partial charge in [-0.3, -0.25) is 4.79 Å². The van der Waals surface area contributed by atoms with Crippen LogP contribution in [0.1, 0.15) is 12.5 Å². The van der Waals surface area contributed by atoms with Gasteiger partial charge in [0, 0.05) is 17.7 Å². The van der Waals surface area contributed by atoms with E-state index < -0.39 is 0 Å². The molecule has 0 fully saturated rings. The van der Waals surface area contributed by atoms with Gasteiger partial charge in [-0.15, -0.1) is 10.2 Å². The van der Waals surface area contributed by atoms with Crippen LogP contribution in [0, 0.1) is 0 Å². The van der Waals surface area contributed by atoms with Gasteiger partial charge in [0.25, 0.3) is 5.91 Å². The Morgan fingerprint density at radius 1 is 1.06 bits per heavy atom. The number of hydrogen-bond donors (Lipinski definition) is 1. The van der Waals surface area contributed by atoms with Gasteiger partial charge in [-0.2, -0.15) is 5.10 Å². The van der Waals surface area contributed by atoms with Crippen molar-refractivity contribution in [2.24, 2.45) is 5.10 Å². The largest absolute Gasteiger partial charge is 0.497 e. The second kappa shape index (κ2) is 11.2. The van der Waals surface area contributed by atoms with Crippen LogP contribution in [0.2, 0.25) is 0 Å². The number of hydrogen-bond acceptors (Lipinski definition) is 8. The molecule has 0 spiro atoms. The normalized spacial score (nSPS) is 10.9. The molecule has 0 aliphatic rings. The smallest absolute Gasteiger partial charge is 0.250 e. The van der Waals surface area contributed by atoms with Crippen molar-refractivity contribution >= 4 is 23.9 Å². The molecule has 3 rings (SSSR count). The maximum Gasteiger partial charge on any atom is 0.250 e. The fourth-order valence-corrected chi connectivity index (χ4v) is 3.71. The SMILES string of the molecule is CCn1c(SCC(=O)NN=Cc2cc(OC)ccc2OC)nnc1-c1ccc(OC)cc1. The fraction of sp³-hybridized carbons (Fsp3) is 0.273. The number of carbonyl (C=O) groups is 1. The van der Waals surface area contributed by atoms with Gasteiger partial charge in [0.05, 0.1) is 33.3 Å². The molecule has 10 heteroatoms. The molecular weight excluding hydrogens is 430 g/mol. The van der Waals surface area contributed by atoms with Crippen molar-refractivity contribution < 1.29 is 19.0 Å². The minimum absolute atomic E-state index is 0.146. The summed E-state index contributed by atoms with van der Waals surface area (Å²) in [6.45, 7) is 2.68. The van der Waals surface area contributed by atoms with E-state index in [0.29, 0.717) is 28.8 Å². The zero-order valence-electron chi connectivity index (χ0n) is 18.4. The van der Waals surface area contributed by atoms with Gasteiger partial charge in [-0.05, 0) is 49.4 Å². The highest BCUT2D eigenvalue weighted by Gasteiger charge is 2.14. The Hall–Kier alpha value is -3.53. The molecule has 3 aromatic rings. The first-order chi connectivity index (χ1) is 15.6. The van der Waals surface area contributed by atoms with E-state index in [2.05, 4.69) is 20.7 Å². The average molecular weight is 456 g/mol. The van der Waals surface area contributed by atoms with Crippen LogP contribution < -0.4 is 19.6 Å². The maximum absolute atomic E-state index is 12.3. The Bertz CT molecular complexity index is 1080. The molecule has 1 amide bonds. The summed E-state index contributed by atoms with van der Waals surface area (Å²) < 4.78 is 17.7. The van der Waals surface area contributed by atoms with Gasteiger partial charge in [-0.1, -0.05) is 11.8 Å². The van der Waals surface area contributed by atoms with Crippen molar-refractivity contribution in [3.05, 3.63) is 48.0 Å². The lowest BCUT2D eigenvalue weighted by Gasteiger charge is -2.08. The first-order valence-corrected chi connectivity index (χ1v) is 10.8. The van der Waals surface area contributed by atoms with Crippen LogP contribution in [-0.4, -0.2) is 54.0 Å². The zero-order valence-corrected chi connectivity index (χ0v) is 19.2. The van der Waals surface area contributed by atoms with E-state index in [1.54, 1.807) is 39.5 Å². The number of ether oxygens (including phenoxy) is 3. The van der Waals surface area contributed by atoms with Gasteiger partial charge >= 0.3 is 0 Å². The fourth-order valence-electron chi connectivity index (χ4n) is 2.91. The number of benzene rings is 2. The minimum Gasteiger partial charge on any atom is -0.497 e. The maximum atomic E-state index is 12.3. The van der Waals surface area contributed by atoms with Crippen LogP contribution in [-0.2, 0) is 11.3 Å². The molecular formula is C22H25N5O4S. The van der Waals surface area contributed by atoms with E-state index in [9.17, 15) is 4.79 Å². The highest BCUT2D eigenvalue weighted by molar-refractivity contribution is 7.99. The molecule has 2 aromatic carbocycles. The molecule has 0 saturated carbocycles. The van der Waals surface area contributed by atoms with Gasteiger partial charge in [0.1, 0.15) is 17.2 Å². The Morgan fingerprint density at radius 3 is 2.44 bits per heavy atom. The molecule has 0 radical (unpaired) electrons. The topological polar surface area (TPSA) is 99.9 Å². The number of amides is 1. The third kappa shape index (κ3) is 5.58. The lowest BCUT2D eigenvalue weighted by Crippen LogP contribution is -2.20. The Kier molecular flexibility index (Phi) is 8.09. The third-order valence-corrected chi connectivity index (χ3v) is 5.51. The summed E-state index contributed by atoms with van der Waals surface area (Å²) in [5, 5.41) is 13.2. The van der Waals surface area contributed by atoms with Gasteiger partial charge in [0.15, 0.2) is 11.0 Å². The summed E-state index contributed by atoms with van der Waals surface area (Å²) in [4.78, 5) is 12.3. The zero-order chi connectivity index (χ0) is 22.9. The van der Waals surface area contributed by atoms with E-state index in [1.165, 1.54) is 18.0 Å². The van der Waals surface area contributed by atoms with Crippen LogP contribution >= 0.6 is 11.8 Å². The summed E-state index contributed by atoms with van der Waals surface area (Å²) >= 11 is 1.30. The molecule has 1 heterocycles. The highest BCUT2D eigenvalue weighted by Crippen LogP contribution is 2.25. The molecule has 0 bridgehead atoms. The molecule has 0 atom stereocenters. The van der Waals surface area contributed by atoms with Crippen molar-refractivity contribution in [3.8, 4) is 28.6 Å². The van der Waals surface area contributed by atoms with Gasteiger partial charge in [0.2, 0.25) is 0 Å². The van der Waals surface area contributed by atoms with Crippen molar-refractivity contribution in [2.75, 3.05) is 27.1 Å². The van der Waals surface area contributed by atoms with E-state index >= 15 is 0 Å². The second-order valence-electron chi connectivity index (χ2n) is 6.47. The number of rotatable bonds is 10. The predicted octanol–water partition coefficient (Wildman–Crippen LogP) is 3.23. The molecule has 1 aromatic heterocycles. The summed E-state index contributed by atoms with van der Waals surface area (Å²) in [6.07, 6.45) is 1.51.